The van der Waals surface area contributed by atoms with Crippen LogP contribution in [0.5, 0.6) is 5.75 Å². The van der Waals surface area contributed by atoms with Gasteiger partial charge in [0.1, 0.15) is 5.75 Å². The first-order chi connectivity index (χ1) is 11.4. The molecule has 0 aliphatic rings. The lowest BCUT2D eigenvalue weighted by molar-refractivity contribution is -0.145. The molecule has 0 N–H and O–H groups in total. The monoisotopic (exact) mass is 386 g/mol. The van der Waals surface area contributed by atoms with Crippen LogP contribution in [0.3, 0.4) is 0 Å². The summed E-state index contributed by atoms with van der Waals surface area (Å²) in [5.41, 5.74) is 0.487. The zero-order valence-corrected chi connectivity index (χ0v) is 14.9. The fourth-order valence-electron chi connectivity index (χ4n) is 1.99. The quantitative estimate of drug-likeness (QED) is 0.527. The normalized spacial score (nSPS) is 10.3. The lowest BCUT2D eigenvalue weighted by Crippen LogP contribution is -2.16. The van der Waals surface area contributed by atoms with E-state index in [1.54, 1.807) is 13.0 Å². The smallest absolute Gasteiger partial charge is 0.344 e. The molecule has 24 heavy (non-hydrogen) atoms. The molecule has 0 amide bonds. The number of ketones is 1. The molecule has 0 spiro atoms. The van der Waals surface area contributed by atoms with Crippen LogP contribution in [-0.4, -0.2) is 25.0 Å². The predicted molar refractivity (Wildman–Crippen MR) is 93.5 cm³/mol. The van der Waals surface area contributed by atoms with Crippen molar-refractivity contribution in [2.75, 3.05) is 13.2 Å². The Labute approximate surface area is 154 Å². The molecule has 2 rings (SSSR count). The molecule has 0 aliphatic carbocycles. The summed E-state index contributed by atoms with van der Waals surface area (Å²) in [4.78, 5) is 24.2. The van der Waals surface area contributed by atoms with Crippen LogP contribution in [0.25, 0.3) is 0 Å². The van der Waals surface area contributed by atoms with E-state index in [0.29, 0.717) is 15.1 Å². The van der Waals surface area contributed by atoms with Gasteiger partial charge in [-0.25, -0.2) is 4.79 Å². The van der Waals surface area contributed by atoms with Crippen molar-refractivity contribution >= 4 is 46.6 Å². The molecular formula is C17H13Cl3O4. The van der Waals surface area contributed by atoms with E-state index in [9.17, 15) is 9.59 Å². The molecule has 0 aliphatic heterocycles. The summed E-state index contributed by atoms with van der Waals surface area (Å²) in [5.74, 6) is -0.689. The van der Waals surface area contributed by atoms with E-state index in [2.05, 4.69) is 0 Å². The van der Waals surface area contributed by atoms with E-state index < -0.39 is 5.97 Å². The third-order valence-electron chi connectivity index (χ3n) is 2.96. The number of carbonyl (C=O) groups is 2. The van der Waals surface area contributed by atoms with Gasteiger partial charge in [0.15, 0.2) is 12.4 Å². The minimum absolute atomic E-state index is 0.199. The topological polar surface area (TPSA) is 52.6 Å². The molecule has 0 heterocycles. The van der Waals surface area contributed by atoms with Crippen LogP contribution < -0.4 is 4.74 Å². The Bertz CT molecular complexity index is 754. The van der Waals surface area contributed by atoms with Crippen molar-refractivity contribution in [1.82, 2.24) is 0 Å². The zero-order valence-electron chi connectivity index (χ0n) is 12.6. The Hall–Kier alpha value is -1.75. The van der Waals surface area contributed by atoms with E-state index in [-0.39, 0.29) is 35.9 Å². The molecule has 2 aromatic carbocycles. The summed E-state index contributed by atoms with van der Waals surface area (Å²) in [6.07, 6.45) is 0. The number of hydrogen-bond donors (Lipinski definition) is 0. The highest BCUT2D eigenvalue weighted by Gasteiger charge is 2.17. The van der Waals surface area contributed by atoms with E-state index in [4.69, 9.17) is 44.3 Å². The number of hydrogen-bond acceptors (Lipinski definition) is 4. The minimum Gasteiger partial charge on any atom is -0.481 e. The van der Waals surface area contributed by atoms with E-state index in [1.807, 2.05) is 0 Å². The minimum atomic E-state index is -0.531. The van der Waals surface area contributed by atoms with Gasteiger partial charge in [0.05, 0.1) is 12.2 Å². The van der Waals surface area contributed by atoms with Gasteiger partial charge in [-0.2, -0.15) is 0 Å². The Morgan fingerprint density at radius 2 is 1.62 bits per heavy atom. The molecule has 7 heteroatoms. The van der Waals surface area contributed by atoms with Crippen LogP contribution in [0.15, 0.2) is 36.4 Å². The second-order valence-electron chi connectivity index (χ2n) is 4.72. The standard InChI is InChI=1S/C17H13Cl3O4/c1-2-23-16(21)9-24-15-4-3-11(18)8-14(15)17(22)10-5-12(19)7-13(20)6-10/h3-8H,2,9H2,1H3. The first kappa shape index (κ1) is 18.6. The Kier molecular flexibility index (Phi) is 6.49. The Balaban J connectivity index is 2.32. The second kappa shape index (κ2) is 8.38. The van der Waals surface area contributed by atoms with Crippen LogP contribution >= 0.6 is 34.8 Å². The summed E-state index contributed by atoms with van der Waals surface area (Å²) >= 11 is 17.8. The van der Waals surface area contributed by atoms with Gasteiger partial charge in [0, 0.05) is 20.6 Å². The first-order valence-corrected chi connectivity index (χ1v) is 8.13. The summed E-state index contributed by atoms with van der Waals surface area (Å²) in [5, 5.41) is 1.03. The Morgan fingerprint density at radius 1 is 0.958 bits per heavy atom. The van der Waals surface area contributed by atoms with Crippen molar-refractivity contribution in [2.24, 2.45) is 0 Å². The summed E-state index contributed by atoms with van der Waals surface area (Å²) < 4.78 is 10.2. The maximum absolute atomic E-state index is 12.7. The number of ether oxygens (including phenoxy) is 2. The molecular weight excluding hydrogens is 375 g/mol. The molecule has 0 fully saturated rings. The van der Waals surface area contributed by atoms with Gasteiger partial charge >= 0.3 is 5.97 Å². The van der Waals surface area contributed by atoms with E-state index in [0.717, 1.165) is 0 Å². The van der Waals surface area contributed by atoms with Crippen molar-refractivity contribution in [2.45, 2.75) is 6.92 Å². The Morgan fingerprint density at radius 3 is 2.25 bits per heavy atom. The van der Waals surface area contributed by atoms with Crippen LogP contribution in [0.2, 0.25) is 15.1 Å². The van der Waals surface area contributed by atoms with Gasteiger partial charge in [-0.05, 0) is 43.3 Å². The SMILES string of the molecule is CCOC(=O)COc1ccc(Cl)cc1C(=O)c1cc(Cl)cc(Cl)c1. The van der Waals surface area contributed by atoms with E-state index >= 15 is 0 Å². The highest BCUT2D eigenvalue weighted by molar-refractivity contribution is 6.35. The molecule has 0 bridgehead atoms. The molecule has 0 saturated heterocycles. The second-order valence-corrected chi connectivity index (χ2v) is 6.03. The average molecular weight is 388 g/mol. The van der Waals surface area contributed by atoms with Crippen molar-refractivity contribution in [3.8, 4) is 5.75 Å². The zero-order chi connectivity index (χ0) is 17.7. The van der Waals surface area contributed by atoms with Gasteiger partial charge in [0.2, 0.25) is 0 Å². The van der Waals surface area contributed by atoms with Gasteiger partial charge in [-0.1, -0.05) is 34.8 Å². The maximum Gasteiger partial charge on any atom is 0.344 e. The first-order valence-electron chi connectivity index (χ1n) is 6.99. The third-order valence-corrected chi connectivity index (χ3v) is 3.63. The molecule has 0 radical (unpaired) electrons. The largest absolute Gasteiger partial charge is 0.481 e. The summed E-state index contributed by atoms with van der Waals surface area (Å²) in [7, 11) is 0. The van der Waals surface area contributed by atoms with Gasteiger partial charge in [-0.3, -0.25) is 4.79 Å². The molecule has 0 aromatic heterocycles. The third kappa shape index (κ3) is 4.87. The molecule has 0 unspecified atom stereocenters. The van der Waals surface area contributed by atoms with Crippen LogP contribution in [0.1, 0.15) is 22.8 Å². The van der Waals surface area contributed by atoms with E-state index in [1.165, 1.54) is 30.3 Å². The molecule has 0 saturated carbocycles. The number of rotatable bonds is 6. The van der Waals surface area contributed by atoms with Crippen LogP contribution in [0.4, 0.5) is 0 Å². The highest BCUT2D eigenvalue weighted by atomic mass is 35.5. The van der Waals surface area contributed by atoms with Crippen LogP contribution in [-0.2, 0) is 9.53 Å². The number of carbonyl (C=O) groups excluding carboxylic acids is 2. The number of halogens is 3. The fraction of sp³-hybridized carbons (Fsp3) is 0.176. The van der Waals surface area contributed by atoms with Gasteiger partial charge in [0.25, 0.3) is 0 Å². The average Bonchev–Trinajstić information content (AvgIpc) is 2.52. The number of benzene rings is 2. The summed E-state index contributed by atoms with van der Waals surface area (Å²) in [6, 6.07) is 9.04. The van der Waals surface area contributed by atoms with Crippen molar-refractivity contribution in [3.05, 3.63) is 62.6 Å². The number of esters is 1. The molecule has 126 valence electrons. The van der Waals surface area contributed by atoms with Crippen LogP contribution in [0, 0.1) is 0 Å². The molecule has 4 nitrogen and oxygen atoms in total. The molecule has 0 atom stereocenters. The molecule has 2 aromatic rings. The van der Waals surface area contributed by atoms with Crippen molar-refractivity contribution in [1.29, 1.82) is 0 Å². The fourth-order valence-corrected chi connectivity index (χ4v) is 2.68. The lowest BCUT2D eigenvalue weighted by atomic mass is 10.0. The van der Waals surface area contributed by atoms with Crippen molar-refractivity contribution in [3.63, 3.8) is 0 Å². The lowest BCUT2D eigenvalue weighted by Gasteiger charge is -2.11. The highest BCUT2D eigenvalue weighted by Crippen LogP contribution is 2.28. The summed E-state index contributed by atoms with van der Waals surface area (Å²) in [6.45, 7) is 1.62. The maximum atomic E-state index is 12.7. The van der Waals surface area contributed by atoms with Gasteiger partial charge < -0.3 is 9.47 Å². The van der Waals surface area contributed by atoms with Gasteiger partial charge in [-0.15, -0.1) is 0 Å². The van der Waals surface area contributed by atoms with Crippen molar-refractivity contribution < 1.29 is 19.1 Å². The predicted octanol–water partition coefficient (Wildman–Crippen LogP) is 4.82.